The molecule has 0 bridgehead atoms. The van der Waals surface area contributed by atoms with Gasteiger partial charge in [0.15, 0.2) is 0 Å². The summed E-state index contributed by atoms with van der Waals surface area (Å²) in [6.45, 7) is 2.40. The molecule has 0 spiro atoms. The third-order valence-electron chi connectivity index (χ3n) is 2.69. The van der Waals surface area contributed by atoms with Crippen molar-refractivity contribution < 1.29 is 4.74 Å². The van der Waals surface area contributed by atoms with Crippen molar-refractivity contribution in [2.24, 2.45) is 12.8 Å². The van der Waals surface area contributed by atoms with E-state index in [-0.39, 0.29) is 0 Å². The zero-order valence-electron chi connectivity index (χ0n) is 10.8. The summed E-state index contributed by atoms with van der Waals surface area (Å²) in [7, 11) is 1.86. The van der Waals surface area contributed by atoms with Gasteiger partial charge in [0.25, 0.3) is 0 Å². The van der Waals surface area contributed by atoms with Gasteiger partial charge >= 0.3 is 0 Å². The molecule has 0 saturated heterocycles. The molecule has 0 amide bonds. The van der Waals surface area contributed by atoms with Gasteiger partial charge in [-0.1, -0.05) is 6.07 Å². The fourth-order valence-electron chi connectivity index (χ4n) is 1.83. The van der Waals surface area contributed by atoms with E-state index in [0.717, 1.165) is 27.8 Å². The number of rotatable bonds is 4. The molecule has 2 aromatic rings. The molecule has 18 heavy (non-hydrogen) atoms. The molecule has 0 radical (unpaired) electrons. The minimum atomic E-state index is 0.461. The van der Waals surface area contributed by atoms with Crippen molar-refractivity contribution in [3.05, 3.63) is 35.5 Å². The normalized spacial score (nSPS) is 10.7. The fourth-order valence-corrected chi connectivity index (χ4v) is 2.47. The minimum Gasteiger partial charge on any atom is -0.439 e. The lowest BCUT2D eigenvalue weighted by atomic mass is 10.2. The van der Waals surface area contributed by atoms with Gasteiger partial charge in [-0.05, 0) is 25.3 Å². The molecule has 0 saturated carbocycles. The van der Waals surface area contributed by atoms with Gasteiger partial charge in [0, 0.05) is 30.1 Å². The quantitative estimate of drug-likeness (QED) is 0.862. The maximum Gasteiger partial charge on any atom is 0.217 e. The van der Waals surface area contributed by atoms with Gasteiger partial charge < -0.3 is 10.5 Å². The lowest BCUT2D eigenvalue weighted by Crippen LogP contribution is -2.03. The van der Waals surface area contributed by atoms with Gasteiger partial charge in [-0.2, -0.15) is 5.10 Å². The molecule has 96 valence electrons. The number of thioether (sulfide) groups is 1. The minimum absolute atomic E-state index is 0.461. The lowest BCUT2D eigenvalue weighted by molar-refractivity contribution is 0.424. The summed E-state index contributed by atoms with van der Waals surface area (Å²) in [5, 5.41) is 4.26. The molecular formula is C13H17N3OS. The van der Waals surface area contributed by atoms with E-state index in [1.54, 1.807) is 16.4 Å². The summed E-state index contributed by atoms with van der Waals surface area (Å²) in [5.41, 5.74) is 7.77. The molecule has 0 unspecified atom stereocenters. The number of benzene rings is 1. The highest BCUT2D eigenvalue weighted by atomic mass is 32.2. The molecule has 0 aliphatic heterocycles. The highest BCUT2D eigenvalue weighted by Crippen LogP contribution is 2.31. The van der Waals surface area contributed by atoms with E-state index in [2.05, 4.69) is 5.10 Å². The van der Waals surface area contributed by atoms with Crippen LogP contribution in [0.1, 0.15) is 11.3 Å². The Morgan fingerprint density at radius 2 is 2.22 bits per heavy atom. The molecule has 2 rings (SSSR count). The molecule has 1 aromatic carbocycles. The second-order valence-electron chi connectivity index (χ2n) is 3.99. The summed E-state index contributed by atoms with van der Waals surface area (Å²) in [6, 6.07) is 7.87. The van der Waals surface area contributed by atoms with Crippen molar-refractivity contribution in [1.82, 2.24) is 9.78 Å². The van der Waals surface area contributed by atoms with Gasteiger partial charge in [0.05, 0.1) is 5.69 Å². The number of aryl methyl sites for hydroxylation is 2. The van der Waals surface area contributed by atoms with Crippen molar-refractivity contribution in [1.29, 1.82) is 0 Å². The molecule has 0 aliphatic carbocycles. The summed E-state index contributed by atoms with van der Waals surface area (Å²) >= 11 is 1.67. The van der Waals surface area contributed by atoms with Crippen LogP contribution in [0.3, 0.4) is 0 Å². The van der Waals surface area contributed by atoms with E-state index < -0.39 is 0 Å². The first-order valence-electron chi connectivity index (χ1n) is 5.70. The topological polar surface area (TPSA) is 53.1 Å². The van der Waals surface area contributed by atoms with E-state index >= 15 is 0 Å². The molecule has 0 aliphatic rings. The molecule has 0 atom stereocenters. The van der Waals surface area contributed by atoms with E-state index in [1.807, 2.05) is 44.5 Å². The van der Waals surface area contributed by atoms with Gasteiger partial charge in [0.2, 0.25) is 5.88 Å². The number of nitrogens with zero attached hydrogens (tertiary/aromatic N) is 2. The first-order valence-corrected chi connectivity index (χ1v) is 6.92. The Morgan fingerprint density at radius 1 is 1.44 bits per heavy atom. The summed E-state index contributed by atoms with van der Waals surface area (Å²) in [6.07, 6.45) is 2.03. The first-order chi connectivity index (χ1) is 8.65. The standard InChI is InChI=1S/C13H17N3OS/c1-9-7-13(16(2)15-9)17-11-5-4-6-12(18-3)10(11)8-14/h4-7H,8,14H2,1-3H3. The van der Waals surface area contributed by atoms with Gasteiger partial charge in [-0.15, -0.1) is 11.8 Å². The Morgan fingerprint density at radius 3 is 2.78 bits per heavy atom. The second kappa shape index (κ2) is 5.46. The monoisotopic (exact) mass is 263 g/mol. The first kappa shape index (κ1) is 13.0. The van der Waals surface area contributed by atoms with Crippen LogP contribution in [-0.2, 0) is 13.6 Å². The van der Waals surface area contributed by atoms with Crippen LogP contribution in [0.4, 0.5) is 0 Å². The molecule has 5 heteroatoms. The van der Waals surface area contributed by atoms with Crippen LogP contribution >= 0.6 is 11.8 Å². The third kappa shape index (κ3) is 2.52. The van der Waals surface area contributed by atoms with Crippen LogP contribution in [0.2, 0.25) is 0 Å². The zero-order chi connectivity index (χ0) is 13.1. The van der Waals surface area contributed by atoms with E-state index in [1.165, 1.54) is 0 Å². The Balaban J connectivity index is 2.37. The molecule has 4 nitrogen and oxygen atoms in total. The average molecular weight is 263 g/mol. The lowest BCUT2D eigenvalue weighted by Gasteiger charge is -2.12. The van der Waals surface area contributed by atoms with E-state index in [0.29, 0.717) is 6.54 Å². The molecular weight excluding hydrogens is 246 g/mol. The Labute approximate surface area is 111 Å². The number of hydrogen-bond acceptors (Lipinski definition) is 4. The van der Waals surface area contributed by atoms with Crippen LogP contribution in [0.25, 0.3) is 0 Å². The van der Waals surface area contributed by atoms with Crippen LogP contribution in [-0.4, -0.2) is 16.0 Å². The maximum atomic E-state index is 5.90. The molecule has 2 N–H and O–H groups in total. The van der Waals surface area contributed by atoms with Crippen LogP contribution in [0.5, 0.6) is 11.6 Å². The summed E-state index contributed by atoms with van der Waals surface area (Å²) in [5.74, 6) is 1.52. The predicted octanol–water partition coefficient (Wildman–Crippen LogP) is 2.70. The van der Waals surface area contributed by atoms with Crippen molar-refractivity contribution in [2.45, 2.75) is 18.4 Å². The highest BCUT2D eigenvalue weighted by molar-refractivity contribution is 7.98. The van der Waals surface area contributed by atoms with Crippen molar-refractivity contribution >= 4 is 11.8 Å². The van der Waals surface area contributed by atoms with Crippen molar-refractivity contribution in [3.63, 3.8) is 0 Å². The third-order valence-corrected chi connectivity index (χ3v) is 3.51. The van der Waals surface area contributed by atoms with Crippen LogP contribution in [0, 0.1) is 6.92 Å². The van der Waals surface area contributed by atoms with E-state index in [9.17, 15) is 0 Å². The average Bonchev–Trinajstić information content (AvgIpc) is 2.67. The number of hydrogen-bond donors (Lipinski definition) is 1. The number of ether oxygens (including phenoxy) is 1. The SMILES string of the molecule is CSc1cccc(Oc2cc(C)nn2C)c1CN. The number of nitrogens with two attached hydrogens (primary N) is 1. The molecule has 0 fully saturated rings. The Bertz CT molecular complexity index is 551. The predicted molar refractivity (Wildman–Crippen MR) is 74.1 cm³/mol. The van der Waals surface area contributed by atoms with Crippen molar-refractivity contribution in [2.75, 3.05) is 6.26 Å². The van der Waals surface area contributed by atoms with Gasteiger partial charge in [-0.25, -0.2) is 4.68 Å². The van der Waals surface area contributed by atoms with Crippen LogP contribution < -0.4 is 10.5 Å². The Hall–Kier alpha value is -1.46. The fraction of sp³-hybridized carbons (Fsp3) is 0.308. The van der Waals surface area contributed by atoms with E-state index in [4.69, 9.17) is 10.5 Å². The number of aromatic nitrogens is 2. The maximum absolute atomic E-state index is 5.90. The van der Waals surface area contributed by atoms with Gasteiger partial charge in [-0.3, -0.25) is 0 Å². The van der Waals surface area contributed by atoms with Crippen molar-refractivity contribution in [3.8, 4) is 11.6 Å². The summed E-state index contributed by atoms with van der Waals surface area (Å²) < 4.78 is 7.63. The molecule has 1 aromatic heterocycles. The van der Waals surface area contributed by atoms with Gasteiger partial charge in [0.1, 0.15) is 5.75 Å². The molecule has 1 heterocycles. The largest absolute Gasteiger partial charge is 0.439 e. The second-order valence-corrected chi connectivity index (χ2v) is 4.84. The summed E-state index contributed by atoms with van der Waals surface area (Å²) in [4.78, 5) is 1.15. The van der Waals surface area contributed by atoms with Crippen LogP contribution in [0.15, 0.2) is 29.2 Å². The zero-order valence-corrected chi connectivity index (χ0v) is 11.6. The highest BCUT2D eigenvalue weighted by Gasteiger charge is 2.10. The smallest absolute Gasteiger partial charge is 0.217 e. The Kier molecular flexibility index (Phi) is 3.93.